The summed E-state index contributed by atoms with van der Waals surface area (Å²) in [7, 11) is 1.92. The van der Waals surface area contributed by atoms with Crippen molar-refractivity contribution >= 4 is 0 Å². The van der Waals surface area contributed by atoms with E-state index >= 15 is 0 Å². The van der Waals surface area contributed by atoms with E-state index in [1.807, 2.05) is 54.8 Å². The molecule has 3 aromatic heterocycles. The summed E-state index contributed by atoms with van der Waals surface area (Å²) in [5, 5.41) is 9.01. The fourth-order valence-corrected chi connectivity index (χ4v) is 5.37. The van der Waals surface area contributed by atoms with Crippen LogP contribution >= 0.6 is 0 Å². The van der Waals surface area contributed by atoms with Gasteiger partial charge in [0.2, 0.25) is 0 Å². The second-order valence-corrected chi connectivity index (χ2v) is 9.61. The van der Waals surface area contributed by atoms with E-state index in [9.17, 15) is 0 Å². The van der Waals surface area contributed by atoms with E-state index in [-0.39, 0.29) is 0 Å². The van der Waals surface area contributed by atoms with Crippen LogP contribution in [0.2, 0.25) is 0 Å². The molecular weight excluding hydrogens is 438 g/mol. The average molecular weight is 470 g/mol. The largest absolute Gasteiger partial charge is 0.379 e. The van der Waals surface area contributed by atoms with Gasteiger partial charge in [-0.2, -0.15) is 10.2 Å². The van der Waals surface area contributed by atoms with Crippen molar-refractivity contribution in [3.05, 3.63) is 61.4 Å². The number of rotatable bonds is 5. The van der Waals surface area contributed by atoms with E-state index in [1.54, 1.807) is 0 Å². The Morgan fingerprint density at radius 2 is 1.54 bits per heavy atom. The SMILES string of the molecule is Cn1cc(-c2cccc(-c3ncc(-c4cnn([C@H]5CCCC(N6CCOCC6)C5)c4)cn3)c2)cn1. The van der Waals surface area contributed by atoms with Crippen molar-refractivity contribution in [2.45, 2.75) is 37.8 Å². The molecule has 180 valence electrons. The Morgan fingerprint density at radius 1 is 0.800 bits per heavy atom. The molecule has 0 spiro atoms. The summed E-state index contributed by atoms with van der Waals surface area (Å²) in [6.45, 7) is 3.82. The molecule has 2 atom stereocenters. The number of aryl methyl sites for hydroxylation is 1. The van der Waals surface area contributed by atoms with E-state index in [0.717, 1.165) is 60.5 Å². The lowest BCUT2D eigenvalue weighted by Gasteiger charge is -2.39. The fraction of sp³-hybridized carbons (Fsp3) is 0.407. The number of nitrogens with zero attached hydrogens (tertiary/aromatic N) is 7. The molecule has 1 aliphatic carbocycles. The van der Waals surface area contributed by atoms with Crippen molar-refractivity contribution in [1.82, 2.24) is 34.4 Å². The minimum Gasteiger partial charge on any atom is -0.379 e. The van der Waals surface area contributed by atoms with Gasteiger partial charge in [-0.25, -0.2) is 9.97 Å². The van der Waals surface area contributed by atoms with Gasteiger partial charge in [-0.15, -0.1) is 0 Å². The highest BCUT2D eigenvalue weighted by molar-refractivity contribution is 5.70. The number of hydrogen-bond donors (Lipinski definition) is 0. The Morgan fingerprint density at radius 3 is 2.34 bits per heavy atom. The van der Waals surface area contributed by atoms with Gasteiger partial charge in [0.05, 0.1) is 31.6 Å². The van der Waals surface area contributed by atoms with Crippen LogP contribution in [0, 0.1) is 0 Å². The first kappa shape index (κ1) is 22.1. The number of benzene rings is 1. The molecule has 2 aliphatic rings. The van der Waals surface area contributed by atoms with Gasteiger partial charge in [-0.05, 0) is 37.3 Å². The van der Waals surface area contributed by atoms with E-state index in [0.29, 0.717) is 17.9 Å². The second kappa shape index (κ2) is 9.71. The molecule has 4 aromatic rings. The lowest BCUT2D eigenvalue weighted by atomic mass is 9.90. The van der Waals surface area contributed by atoms with Gasteiger partial charge >= 0.3 is 0 Å². The number of morpholine rings is 1. The monoisotopic (exact) mass is 469 g/mol. The first-order valence-electron chi connectivity index (χ1n) is 12.5. The van der Waals surface area contributed by atoms with Crippen LogP contribution in [0.3, 0.4) is 0 Å². The van der Waals surface area contributed by atoms with Crippen molar-refractivity contribution in [3.63, 3.8) is 0 Å². The maximum absolute atomic E-state index is 5.54. The van der Waals surface area contributed by atoms with Gasteiger partial charge in [-0.3, -0.25) is 14.3 Å². The molecule has 0 N–H and O–H groups in total. The Bertz CT molecular complexity index is 1270. The third-order valence-corrected chi connectivity index (χ3v) is 7.30. The van der Waals surface area contributed by atoms with Crippen LogP contribution in [0.5, 0.6) is 0 Å². The summed E-state index contributed by atoms with van der Waals surface area (Å²) in [5.41, 5.74) is 5.23. The molecule has 4 heterocycles. The van der Waals surface area contributed by atoms with E-state index < -0.39 is 0 Å². The Hall–Kier alpha value is -3.36. The molecule has 8 nitrogen and oxygen atoms in total. The Labute approximate surface area is 205 Å². The van der Waals surface area contributed by atoms with Crippen LogP contribution in [-0.4, -0.2) is 66.8 Å². The fourth-order valence-electron chi connectivity index (χ4n) is 5.37. The van der Waals surface area contributed by atoms with Crippen molar-refractivity contribution in [2.75, 3.05) is 26.3 Å². The van der Waals surface area contributed by atoms with E-state index in [2.05, 4.69) is 43.0 Å². The van der Waals surface area contributed by atoms with E-state index in [1.165, 1.54) is 19.3 Å². The molecule has 1 aromatic carbocycles. The number of ether oxygens (including phenoxy) is 1. The van der Waals surface area contributed by atoms with Crippen LogP contribution in [0.1, 0.15) is 31.7 Å². The quantitative estimate of drug-likeness (QED) is 0.436. The maximum atomic E-state index is 5.54. The van der Waals surface area contributed by atoms with Crippen LogP contribution in [0.15, 0.2) is 61.4 Å². The summed E-state index contributed by atoms with van der Waals surface area (Å²) in [4.78, 5) is 12.0. The first-order valence-corrected chi connectivity index (χ1v) is 12.5. The highest BCUT2D eigenvalue weighted by Crippen LogP contribution is 2.32. The minimum absolute atomic E-state index is 0.445. The zero-order chi connectivity index (χ0) is 23.6. The third kappa shape index (κ3) is 4.76. The predicted molar refractivity (Wildman–Crippen MR) is 135 cm³/mol. The Balaban J connectivity index is 1.16. The van der Waals surface area contributed by atoms with E-state index in [4.69, 9.17) is 9.84 Å². The predicted octanol–water partition coefficient (Wildman–Crippen LogP) is 4.22. The molecule has 0 amide bonds. The molecule has 0 radical (unpaired) electrons. The summed E-state index contributed by atoms with van der Waals surface area (Å²) in [5.74, 6) is 0.715. The lowest BCUT2D eigenvalue weighted by molar-refractivity contribution is 0.00313. The van der Waals surface area contributed by atoms with Crippen LogP contribution in [0.25, 0.3) is 33.6 Å². The summed E-state index contributed by atoms with van der Waals surface area (Å²) >= 11 is 0. The second-order valence-electron chi connectivity index (χ2n) is 9.61. The summed E-state index contributed by atoms with van der Waals surface area (Å²) in [6, 6.07) is 9.35. The van der Waals surface area contributed by atoms with Gasteiger partial charge in [0.25, 0.3) is 0 Å². The zero-order valence-corrected chi connectivity index (χ0v) is 20.1. The zero-order valence-electron chi connectivity index (χ0n) is 20.1. The average Bonchev–Trinajstić information content (AvgIpc) is 3.59. The molecule has 6 rings (SSSR count). The molecule has 1 aliphatic heterocycles. The molecule has 1 saturated heterocycles. The highest BCUT2D eigenvalue weighted by Gasteiger charge is 2.29. The highest BCUT2D eigenvalue weighted by atomic mass is 16.5. The van der Waals surface area contributed by atoms with Gasteiger partial charge in [0, 0.05) is 73.2 Å². The molecule has 8 heteroatoms. The smallest absolute Gasteiger partial charge is 0.159 e. The number of aromatic nitrogens is 6. The Kier molecular flexibility index (Phi) is 6.14. The molecule has 35 heavy (non-hydrogen) atoms. The normalized spacial score (nSPS) is 21.3. The maximum Gasteiger partial charge on any atom is 0.159 e. The van der Waals surface area contributed by atoms with Gasteiger partial charge in [-0.1, -0.05) is 18.2 Å². The molecular formula is C27H31N7O. The first-order chi connectivity index (χ1) is 17.2. The molecule has 1 saturated carbocycles. The summed E-state index contributed by atoms with van der Waals surface area (Å²) in [6.07, 6.45) is 16.7. The summed E-state index contributed by atoms with van der Waals surface area (Å²) < 4.78 is 9.51. The van der Waals surface area contributed by atoms with Crippen molar-refractivity contribution in [2.24, 2.45) is 7.05 Å². The standard InChI is InChI=1S/C27H31N7O/c1-32-18-23(16-30-32)20-4-2-5-21(12-20)27-28-14-22(15-29-27)24-17-31-34(19-24)26-7-3-6-25(13-26)33-8-10-35-11-9-33/h2,4-5,12,14-19,25-26H,3,6-11,13H2,1H3/t25?,26-/m0/s1. The van der Waals surface area contributed by atoms with Gasteiger partial charge in [0.1, 0.15) is 0 Å². The molecule has 2 fully saturated rings. The van der Waals surface area contributed by atoms with Gasteiger partial charge in [0.15, 0.2) is 5.82 Å². The minimum atomic E-state index is 0.445. The van der Waals surface area contributed by atoms with Crippen molar-refractivity contribution in [1.29, 1.82) is 0 Å². The van der Waals surface area contributed by atoms with Crippen LogP contribution < -0.4 is 0 Å². The van der Waals surface area contributed by atoms with Crippen LogP contribution in [0.4, 0.5) is 0 Å². The molecule has 1 unspecified atom stereocenters. The van der Waals surface area contributed by atoms with Crippen molar-refractivity contribution < 1.29 is 4.74 Å². The van der Waals surface area contributed by atoms with Crippen molar-refractivity contribution in [3.8, 4) is 33.6 Å². The molecule has 0 bridgehead atoms. The topological polar surface area (TPSA) is 73.9 Å². The van der Waals surface area contributed by atoms with Crippen LogP contribution in [-0.2, 0) is 11.8 Å². The third-order valence-electron chi connectivity index (χ3n) is 7.30. The number of hydrogen-bond acceptors (Lipinski definition) is 6. The van der Waals surface area contributed by atoms with Gasteiger partial charge < -0.3 is 4.74 Å². The lowest BCUT2D eigenvalue weighted by Crippen LogP contribution is -2.45.